The standard InChI is InChI=1S/C15H17N3O2/c1-18(2)12-6-4-11(5-7-12)17-15(20)10-3-8-13(16)14(19)9-10/h3-9,19H,16H2,1-2H3,(H,17,20). The minimum Gasteiger partial charge on any atom is -0.506 e. The first kappa shape index (κ1) is 13.7. The topological polar surface area (TPSA) is 78.6 Å². The highest BCUT2D eigenvalue weighted by Gasteiger charge is 2.08. The number of hydrogen-bond donors (Lipinski definition) is 3. The molecule has 2 aromatic carbocycles. The number of carbonyl (C=O) groups excluding carboxylic acids is 1. The summed E-state index contributed by atoms with van der Waals surface area (Å²) in [5.74, 6) is -0.390. The molecular formula is C15H17N3O2. The number of nitrogens with two attached hydrogens (primary N) is 1. The Kier molecular flexibility index (Phi) is 3.79. The minimum absolute atomic E-state index is 0.0967. The van der Waals surface area contributed by atoms with Gasteiger partial charge in [0.2, 0.25) is 0 Å². The Morgan fingerprint density at radius 3 is 2.35 bits per heavy atom. The van der Waals surface area contributed by atoms with Gasteiger partial charge in [0, 0.05) is 31.0 Å². The van der Waals surface area contributed by atoms with Crippen molar-refractivity contribution in [2.24, 2.45) is 0 Å². The molecule has 0 aliphatic heterocycles. The van der Waals surface area contributed by atoms with Gasteiger partial charge in [0.25, 0.3) is 5.91 Å². The Hall–Kier alpha value is -2.69. The van der Waals surface area contributed by atoms with Crippen molar-refractivity contribution in [2.75, 3.05) is 30.0 Å². The number of hydrogen-bond acceptors (Lipinski definition) is 4. The summed E-state index contributed by atoms with van der Waals surface area (Å²) in [6, 6.07) is 11.9. The maximum absolute atomic E-state index is 12.0. The number of nitrogens with one attached hydrogen (secondary N) is 1. The maximum atomic E-state index is 12.0. The van der Waals surface area contributed by atoms with E-state index in [2.05, 4.69) is 5.32 Å². The second kappa shape index (κ2) is 5.52. The third kappa shape index (κ3) is 3.00. The van der Waals surface area contributed by atoms with Crippen LogP contribution in [0.1, 0.15) is 10.4 Å². The number of nitrogens with zero attached hydrogens (tertiary/aromatic N) is 1. The van der Waals surface area contributed by atoms with E-state index in [0.717, 1.165) is 5.69 Å². The van der Waals surface area contributed by atoms with Crippen molar-refractivity contribution in [3.8, 4) is 5.75 Å². The van der Waals surface area contributed by atoms with Crippen LogP contribution in [-0.2, 0) is 0 Å². The first-order valence-corrected chi connectivity index (χ1v) is 6.14. The molecule has 0 unspecified atom stereocenters. The summed E-state index contributed by atoms with van der Waals surface area (Å²) in [5.41, 5.74) is 7.84. The molecule has 0 saturated heterocycles. The Morgan fingerprint density at radius 1 is 1.15 bits per heavy atom. The number of rotatable bonds is 3. The Morgan fingerprint density at radius 2 is 1.80 bits per heavy atom. The second-order valence-corrected chi connectivity index (χ2v) is 4.67. The predicted octanol–water partition coefficient (Wildman–Crippen LogP) is 2.29. The van der Waals surface area contributed by atoms with Gasteiger partial charge in [-0.25, -0.2) is 0 Å². The highest BCUT2D eigenvalue weighted by molar-refractivity contribution is 6.04. The van der Waals surface area contributed by atoms with Crippen molar-refractivity contribution < 1.29 is 9.90 Å². The zero-order valence-electron chi connectivity index (χ0n) is 11.4. The number of phenolic OH excluding ortho intramolecular Hbond substituents is 1. The SMILES string of the molecule is CN(C)c1ccc(NC(=O)c2ccc(N)c(O)c2)cc1. The normalized spacial score (nSPS) is 10.1. The third-order valence-electron chi connectivity index (χ3n) is 2.93. The summed E-state index contributed by atoms with van der Waals surface area (Å²) in [4.78, 5) is 14.0. The lowest BCUT2D eigenvalue weighted by Crippen LogP contribution is -2.12. The summed E-state index contributed by atoms with van der Waals surface area (Å²) in [6.07, 6.45) is 0. The molecule has 104 valence electrons. The molecule has 0 spiro atoms. The number of anilines is 3. The quantitative estimate of drug-likeness (QED) is 0.591. The number of nitrogen functional groups attached to an aromatic ring is 1. The van der Waals surface area contributed by atoms with Gasteiger partial charge in [-0.3, -0.25) is 4.79 Å². The van der Waals surface area contributed by atoms with Gasteiger partial charge in [0.1, 0.15) is 5.75 Å². The van der Waals surface area contributed by atoms with Crippen LogP contribution >= 0.6 is 0 Å². The monoisotopic (exact) mass is 271 g/mol. The molecule has 5 nitrogen and oxygen atoms in total. The molecule has 5 heteroatoms. The lowest BCUT2D eigenvalue weighted by atomic mass is 10.1. The van der Waals surface area contributed by atoms with E-state index >= 15 is 0 Å². The molecule has 0 aliphatic rings. The van der Waals surface area contributed by atoms with Crippen molar-refractivity contribution in [3.05, 3.63) is 48.0 Å². The average molecular weight is 271 g/mol. The van der Waals surface area contributed by atoms with Crippen molar-refractivity contribution >= 4 is 23.0 Å². The van der Waals surface area contributed by atoms with E-state index in [-0.39, 0.29) is 17.3 Å². The maximum Gasteiger partial charge on any atom is 0.255 e. The second-order valence-electron chi connectivity index (χ2n) is 4.67. The zero-order chi connectivity index (χ0) is 14.7. The fourth-order valence-electron chi connectivity index (χ4n) is 1.73. The number of amides is 1. The Balaban J connectivity index is 2.12. The molecular weight excluding hydrogens is 254 g/mol. The van der Waals surface area contributed by atoms with Crippen molar-refractivity contribution in [3.63, 3.8) is 0 Å². The van der Waals surface area contributed by atoms with Crippen molar-refractivity contribution in [2.45, 2.75) is 0 Å². The lowest BCUT2D eigenvalue weighted by molar-refractivity contribution is 0.102. The highest BCUT2D eigenvalue weighted by atomic mass is 16.3. The van der Waals surface area contributed by atoms with Gasteiger partial charge in [0.15, 0.2) is 0 Å². The van der Waals surface area contributed by atoms with Crippen LogP contribution in [0.4, 0.5) is 17.1 Å². The van der Waals surface area contributed by atoms with Crippen LogP contribution < -0.4 is 16.0 Å². The number of carbonyl (C=O) groups is 1. The van der Waals surface area contributed by atoms with E-state index in [1.165, 1.54) is 12.1 Å². The van der Waals surface area contributed by atoms with Crippen LogP contribution in [0.5, 0.6) is 5.75 Å². The summed E-state index contributed by atoms with van der Waals surface area (Å²) >= 11 is 0. The first-order valence-electron chi connectivity index (χ1n) is 6.14. The van der Waals surface area contributed by atoms with Crippen molar-refractivity contribution in [1.29, 1.82) is 0 Å². The van der Waals surface area contributed by atoms with Gasteiger partial charge in [-0.15, -0.1) is 0 Å². The van der Waals surface area contributed by atoms with Crippen LogP contribution in [0.2, 0.25) is 0 Å². The molecule has 0 radical (unpaired) electrons. The molecule has 2 aromatic rings. The Bertz CT molecular complexity index is 622. The van der Waals surface area contributed by atoms with E-state index < -0.39 is 0 Å². The Labute approximate surface area is 117 Å². The molecule has 2 rings (SSSR count). The van der Waals surface area contributed by atoms with Gasteiger partial charge in [-0.2, -0.15) is 0 Å². The van der Waals surface area contributed by atoms with Gasteiger partial charge in [-0.1, -0.05) is 0 Å². The molecule has 0 aromatic heterocycles. The number of aromatic hydroxyl groups is 1. The van der Waals surface area contributed by atoms with Crippen LogP contribution in [0.3, 0.4) is 0 Å². The lowest BCUT2D eigenvalue weighted by Gasteiger charge is -2.13. The predicted molar refractivity (Wildman–Crippen MR) is 81.2 cm³/mol. The molecule has 0 saturated carbocycles. The summed E-state index contributed by atoms with van der Waals surface area (Å²) < 4.78 is 0. The van der Waals surface area contributed by atoms with E-state index in [4.69, 9.17) is 5.73 Å². The largest absolute Gasteiger partial charge is 0.506 e. The van der Waals surface area contributed by atoms with Gasteiger partial charge >= 0.3 is 0 Å². The molecule has 0 atom stereocenters. The number of phenols is 1. The third-order valence-corrected chi connectivity index (χ3v) is 2.93. The zero-order valence-corrected chi connectivity index (χ0v) is 11.4. The smallest absolute Gasteiger partial charge is 0.255 e. The molecule has 0 aliphatic carbocycles. The summed E-state index contributed by atoms with van der Waals surface area (Å²) in [5, 5.41) is 12.3. The highest BCUT2D eigenvalue weighted by Crippen LogP contribution is 2.22. The minimum atomic E-state index is -0.294. The molecule has 0 bridgehead atoms. The van der Waals surface area contributed by atoms with E-state index in [1.54, 1.807) is 6.07 Å². The summed E-state index contributed by atoms with van der Waals surface area (Å²) in [6.45, 7) is 0. The average Bonchev–Trinajstić information content (AvgIpc) is 2.42. The fourth-order valence-corrected chi connectivity index (χ4v) is 1.73. The van der Waals surface area contributed by atoms with Crippen molar-refractivity contribution in [1.82, 2.24) is 0 Å². The van der Waals surface area contributed by atoms with Gasteiger partial charge in [-0.05, 0) is 42.5 Å². The first-order chi connectivity index (χ1) is 9.47. The molecule has 4 N–H and O–H groups in total. The summed E-state index contributed by atoms with van der Waals surface area (Å²) in [7, 11) is 3.90. The molecule has 1 amide bonds. The van der Waals surface area contributed by atoms with Crippen LogP contribution in [0, 0.1) is 0 Å². The van der Waals surface area contributed by atoms with Gasteiger partial charge < -0.3 is 21.1 Å². The van der Waals surface area contributed by atoms with Crippen LogP contribution in [0.25, 0.3) is 0 Å². The van der Waals surface area contributed by atoms with Crippen LogP contribution in [-0.4, -0.2) is 25.1 Å². The van der Waals surface area contributed by atoms with E-state index in [0.29, 0.717) is 11.3 Å². The molecule has 0 fully saturated rings. The van der Waals surface area contributed by atoms with E-state index in [1.807, 2.05) is 43.3 Å². The van der Waals surface area contributed by atoms with Gasteiger partial charge in [0.05, 0.1) is 5.69 Å². The molecule has 20 heavy (non-hydrogen) atoms. The number of benzene rings is 2. The van der Waals surface area contributed by atoms with Crippen LogP contribution in [0.15, 0.2) is 42.5 Å². The fraction of sp³-hybridized carbons (Fsp3) is 0.133. The molecule has 0 heterocycles. The van der Waals surface area contributed by atoms with E-state index in [9.17, 15) is 9.90 Å².